The summed E-state index contributed by atoms with van der Waals surface area (Å²) in [6.45, 7) is 8.73. The van der Waals surface area contributed by atoms with Crippen LogP contribution in [0.15, 0.2) is 0 Å². The van der Waals surface area contributed by atoms with Crippen molar-refractivity contribution in [2.45, 2.75) is 27.7 Å². The Kier molecular flexibility index (Phi) is 6.56. The molecule has 80 valence electrons. The van der Waals surface area contributed by atoms with Crippen molar-refractivity contribution in [2.24, 2.45) is 0 Å². The summed E-state index contributed by atoms with van der Waals surface area (Å²) in [5.74, 6) is 0. The Bertz CT molecular complexity index is 200. The highest BCUT2D eigenvalue weighted by Gasteiger charge is 2.20. The molecule has 0 saturated heterocycles. The molecular weight excluding hydrogens is 236 g/mol. The third kappa shape index (κ3) is 4.53. The van der Waals surface area contributed by atoms with Crippen LogP contribution in [0.1, 0.15) is 27.7 Å². The summed E-state index contributed by atoms with van der Waals surface area (Å²) in [4.78, 5) is 3.66. The molecule has 5 heteroatoms. The summed E-state index contributed by atoms with van der Waals surface area (Å²) in [6, 6.07) is 0. The van der Waals surface area contributed by atoms with Gasteiger partial charge in [0.1, 0.15) is 0 Å². The van der Waals surface area contributed by atoms with Gasteiger partial charge in [-0.05, 0) is 24.6 Å². The molecule has 0 aliphatic rings. The van der Waals surface area contributed by atoms with Gasteiger partial charge in [-0.15, -0.1) is 0 Å². The van der Waals surface area contributed by atoms with Crippen molar-refractivity contribution in [3.63, 3.8) is 0 Å². The lowest BCUT2D eigenvalue weighted by Crippen LogP contribution is -2.13. The molecular formula is C8H21NP2S2. The van der Waals surface area contributed by atoms with Gasteiger partial charge in [0.25, 0.3) is 0 Å². The summed E-state index contributed by atoms with van der Waals surface area (Å²) in [5.41, 5.74) is 0. The van der Waals surface area contributed by atoms with E-state index in [0.717, 1.165) is 24.6 Å². The Morgan fingerprint density at radius 3 is 1.15 bits per heavy atom. The average molecular weight is 257 g/mol. The minimum absolute atomic E-state index is 1.09. The first-order valence-corrected chi connectivity index (χ1v) is 11.3. The predicted octanol–water partition coefficient (Wildman–Crippen LogP) is 3.44. The van der Waals surface area contributed by atoms with E-state index in [1.807, 2.05) is 0 Å². The van der Waals surface area contributed by atoms with Gasteiger partial charge in [0.15, 0.2) is 0 Å². The van der Waals surface area contributed by atoms with Gasteiger partial charge < -0.3 is 0 Å². The van der Waals surface area contributed by atoms with Crippen LogP contribution in [0, 0.1) is 0 Å². The summed E-state index contributed by atoms with van der Waals surface area (Å²) >= 11 is 11.3. The molecule has 0 spiro atoms. The van der Waals surface area contributed by atoms with E-state index in [0.29, 0.717) is 0 Å². The van der Waals surface area contributed by atoms with Crippen molar-refractivity contribution in [1.82, 2.24) is 4.86 Å². The fraction of sp³-hybridized carbons (Fsp3) is 1.00. The second-order valence-electron chi connectivity index (χ2n) is 3.14. The van der Waals surface area contributed by atoms with Crippen LogP contribution in [0.25, 0.3) is 0 Å². The summed E-state index contributed by atoms with van der Waals surface area (Å²) in [5, 5.41) is 0. The minimum Gasteiger partial charge on any atom is -0.259 e. The van der Waals surface area contributed by atoms with E-state index in [1.165, 1.54) is 0 Å². The molecule has 0 fully saturated rings. The van der Waals surface area contributed by atoms with Crippen molar-refractivity contribution in [3.05, 3.63) is 0 Å². The second-order valence-corrected chi connectivity index (χ2v) is 14.2. The molecule has 0 bridgehead atoms. The first kappa shape index (κ1) is 14.3. The maximum atomic E-state index is 5.65. The van der Waals surface area contributed by atoms with Crippen LogP contribution < -0.4 is 4.86 Å². The molecule has 0 radical (unpaired) electrons. The maximum Gasteiger partial charge on any atom is 0.0158 e. The zero-order chi connectivity index (χ0) is 10.5. The van der Waals surface area contributed by atoms with Gasteiger partial charge >= 0.3 is 0 Å². The highest BCUT2D eigenvalue weighted by molar-refractivity contribution is 8.22. The molecule has 13 heavy (non-hydrogen) atoms. The number of nitrogens with one attached hydrogen (secondary N) is 1. The maximum absolute atomic E-state index is 5.65. The van der Waals surface area contributed by atoms with Crippen LogP contribution in [-0.4, -0.2) is 24.6 Å². The summed E-state index contributed by atoms with van der Waals surface area (Å²) in [7, 11) is 0. The van der Waals surface area contributed by atoms with Gasteiger partial charge in [-0.3, -0.25) is 4.86 Å². The average Bonchev–Trinajstić information content (AvgIpc) is 2.17. The van der Waals surface area contributed by atoms with Crippen LogP contribution in [0.5, 0.6) is 0 Å². The zero-order valence-corrected chi connectivity index (χ0v) is 12.5. The highest BCUT2D eigenvalue weighted by atomic mass is 32.5. The monoisotopic (exact) mass is 257 g/mol. The fourth-order valence-corrected chi connectivity index (χ4v) is 10.2. The number of hydrogen-bond donors (Lipinski definition) is 1. The predicted molar refractivity (Wildman–Crippen MR) is 73.9 cm³/mol. The van der Waals surface area contributed by atoms with E-state index in [9.17, 15) is 0 Å². The Balaban J connectivity index is 4.57. The van der Waals surface area contributed by atoms with E-state index >= 15 is 0 Å². The molecule has 0 heterocycles. The third-order valence-electron chi connectivity index (χ3n) is 2.41. The van der Waals surface area contributed by atoms with Crippen LogP contribution in [0.3, 0.4) is 0 Å². The van der Waals surface area contributed by atoms with Gasteiger partial charge in [-0.2, -0.15) is 0 Å². The standard InChI is InChI=1S/C8H21NP2S2/c1-5-10(12,6-2)9-11(13,7-3)8-4/h5-8H2,1-4H3,(H,9,12,13). The molecule has 0 aliphatic carbocycles. The molecule has 0 aromatic rings. The zero-order valence-electron chi connectivity index (χ0n) is 9.04. The molecule has 0 rings (SSSR count). The van der Waals surface area contributed by atoms with E-state index in [2.05, 4.69) is 32.6 Å². The molecule has 1 nitrogen and oxygen atoms in total. The second kappa shape index (κ2) is 5.98. The lowest BCUT2D eigenvalue weighted by molar-refractivity contribution is 1.30. The lowest BCUT2D eigenvalue weighted by Gasteiger charge is -2.29. The molecule has 0 aromatic heterocycles. The van der Waals surface area contributed by atoms with Gasteiger partial charge in [0.2, 0.25) is 0 Å². The van der Waals surface area contributed by atoms with E-state index < -0.39 is 12.4 Å². The molecule has 0 saturated carbocycles. The smallest absolute Gasteiger partial charge is 0.0158 e. The fourth-order valence-electron chi connectivity index (χ4n) is 1.06. The lowest BCUT2D eigenvalue weighted by atomic mass is 11.0. The Labute approximate surface area is 93.2 Å². The minimum atomic E-state index is -1.31. The van der Waals surface area contributed by atoms with Crippen LogP contribution >= 0.6 is 12.4 Å². The highest BCUT2D eigenvalue weighted by Crippen LogP contribution is 2.54. The van der Waals surface area contributed by atoms with Crippen molar-refractivity contribution in [2.75, 3.05) is 24.6 Å². The molecule has 0 amide bonds. The SMILES string of the molecule is CCP(=S)(CC)NP(=S)(CC)CC. The van der Waals surface area contributed by atoms with Gasteiger partial charge in [-0.25, -0.2) is 0 Å². The summed E-state index contributed by atoms with van der Waals surface area (Å²) in [6.07, 6.45) is 1.76. The molecule has 1 N–H and O–H groups in total. The van der Waals surface area contributed by atoms with Crippen molar-refractivity contribution >= 4 is 36.0 Å². The quantitative estimate of drug-likeness (QED) is 0.732. The van der Waals surface area contributed by atoms with Crippen molar-refractivity contribution in [3.8, 4) is 0 Å². The van der Waals surface area contributed by atoms with Crippen molar-refractivity contribution in [1.29, 1.82) is 0 Å². The van der Waals surface area contributed by atoms with Crippen LogP contribution in [0.4, 0.5) is 0 Å². The van der Waals surface area contributed by atoms with Crippen molar-refractivity contribution < 1.29 is 0 Å². The Hall–Kier alpha value is 1.26. The molecule has 0 aromatic carbocycles. The number of hydrogen-bond acceptors (Lipinski definition) is 2. The van der Waals surface area contributed by atoms with E-state index in [1.54, 1.807) is 0 Å². The topological polar surface area (TPSA) is 12.0 Å². The molecule has 0 atom stereocenters. The first-order chi connectivity index (χ1) is 5.95. The largest absolute Gasteiger partial charge is 0.259 e. The van der Waals surface area contributed by atoms with Gasteiger partial charge in [0, 0.05) is 12.4 Å². The van der Waals surface area contributed by atoms with Gasteiger partial charge in [-0.1, -0.05) is 51.3 Å². The van der Waals surface area contributed by atoms with E-state index in [-0.39, 0.29) is 0 Å². The normalized spacial score (nSPS) is 13.2. The van der Waals surface area contributed by atoms with Crippen LogP contribution in [-0.2, 0) is 23.6 Å². The Morgan fingerprint density at radius 1 is 0.769 bits per heavy atom. The van der Waals surface area contributed by atoms with Crippen LogP contribution in [0.2, 0.25) is 0 Å². The van der Waals surface area contributed by atoms with Gasteiger partial charge in [0.05, 0.1) is 0 Å². The summed E-state index contributed by atoms with van der Waals surface area (Å²) < 4.78 is 0. The number of rotatable bonds is 6. The third-order valence-corrected chi connectivity index (χ3v) is 14.0. The molecule has 0 aliphatic heterocycles. The first-order valence-electron chi connectivity index (χ1n) is 4.91. The molecule has 0 unspecified atom stereocenters. The Morgan fingerprint density at radius 2 is 1.00 bits per heavy atom. The van der Waals surface area contributed by atoms with E-state index in [4.69, 9.17) is 23.6 Å².